The van der Waals surface area contributed by atoms with Crippen molar-refractivity contribution in [2.24, 2.45) is 0 Å². The van der Waals surface area contributed by atoms with Gasteiger partial charge in [-0.25, -0.2) is 0 Å². The number of halogens is 1. The van der Waals surface area contributed by atoms with E-state index in [1.807, 2.05) is 29.2 Å². The fourth-order valence-electron chi connectivity index (χ4n) is 2.11. The highest BCUT2D eigenvalue weighted by Crippen LogP contribution is 2.22. The lowest BCUT2D eigenvalue weighted by atomic mass is 10.3. The standard InChI is InChI=1S/C10H10BrNO.C4H7NO/c11-8-3-5-9(6-4-8)12-7-1-2-10(12)13;6-4-2-1-3-5-4/h3-6H,1-2,7H2;1-3H2,(H,5,6). The van der Waals surface area contributed by atoms with Crippen molar-refractivity contribution in [1.29, 1.82) is 0 Å². The number of hydrogen-bond acceptors (Lipinski definition) is 2. The van der Waals surface area contributed by atoms with E-state index in [-0.39, 0.29) is 11.8 Å². The number of hydrogen-bond donors (Lipinski definition) is 1. The van der Waals surface area contributed by atoms with Crippen molar-refractivity contribution < 1.29 is 9.59 Å². The first kappa shape index (κ1) is 14.1. The first-order valence-corrected chi connectivity index (χ1v) is 7.29. The Morgan fingerprint density at radius 2 is 1.79 bits per heavy atom. The van der Waals surface area contributed by atoms with Crippen LogP contribution in [0.3, 0.4) is 0 Å². The van der Waals surface area contributed by atoms with Crippen molar-refractivity contribution in [3.05, 3.63) is 28.7 Å². The van der Waals surface area contributed by atoms with E-state index in [0.29, 0.717) is 6.42 Å². The molecule has 0 unspecified atom stereocenters. The van der Waals surface area contributed by atoms with E-state index in [2.05, 4.69) is 21.2 Å². The Kier molecular flexibility index (Phi) is 4.96. The summed E-state index contributed by atoms with van der Waals surface area (Å²) in [6.07, 6.45) is 3.43. The summed E-state index contributed by atoms with van der Waals surface area (Å²) < 4.78 is 1.04. The maximum atomic E-state index is 11.4. The molecule has 0 saturated carbocycles. The Balaban J connectivity index is 0.000000186. The molecule has 2 aliphatic heterocycles. The maximum absolute atomic E-state index is 11.4. The average Bonchev–Trinajstić information content (AvgIpc) is 3.03. The molecule has 1 aromatic rings. The highest BCUT2D eigenvalue weighted by molar-refractivity contribution is 9.10. The summed E-state index contributed by atoms with van der Waals surface area (Å²) in [5, 5.41) is 2.68. The number of anilines is 1. The van der Waals surface area contributed by atoms with Crippen LogP contribution in [0.2, 0.25) is 0 Å². The maximum Gasteiger partial charge on any atom is 0.227 e. The monoisotopic (exact) mass is 324 g/mol. The van der Waals surface area contributed by atoms with Gasteiger partial charge in [-0.1, -0.05) is 15.9 Å². The first-order valence-electron chi connectivity index (χ1n) is 6.49. The molecule has 1 N–H and O–H groups in total. The van der Waals surface area contributed by atoms with E-state index in [4.69, 9.17) is 0 Å². The van der Waals surface area contributed by atoms with Gasteiger partial charge in [-0.2, -0.15) is 0 Å². The Hall–Kier alpha value is -1.36. The van der Waals surface area contributed by atoms with Crippen LogP contribution < -0.4 is 10.2 Å². The van der Waals surface area contributed by atoms with Crippen molar-refractivity contribution in [1.82, 2.24) is 5.32 Å². The molecule has 102 valence electrons. The highest BCUT2D eigenvalue weighted by Gasteiger charge is 2.21. The molecule has 3 rings (SSSR count). The number of rotatable bonds is 1. The van der Waals surface area contributed by atoms with E-state index in [9.17, 15) is 9.59 Å². The molecule has 2 saturated heterocycles. The first-order chi connectivity index (χ1) is 9.16. The molecule has 5 heteroatoms. The van der Waals surface area contributed by atoms with Crippen LogP contribution in [-0.2, 0) is 9.59 Å². The van der Waals surface area contributed by atoms with Gasteiger partial charge < -0.3 is 10.2 Å². The number of carbonyl (C=O) groups is 2. The molecule has 2 amide bonds. The molecule has 0 spiro atoms. The van der Waals surface area contributed by atoms with Gasteiger partial charge in [-0.3, -0.25) is 9.59 Å². The third-order valence-corrected chi connectivity index (χ3v) is 3.64. The van der Waals surface area contributed by atoms with Crippen molar-refractivity contribution in [3.8, 4) is 0 Å². The lowest BCUT2D eigenvalue weighted by Gasteiger charge is -2.15. The Morgan fingerprint density at radius 3 is 2.21 bits per heavy atom. The quantitative estimate of drug-likeness (QED) is 0.862. The number of benzene rings is 1. The topological polar surface area (TPSA) is 49.4 Å². The molecule has 4 nitrogen and oxygen atoms in total. The van der Waals surface area contributed by atoms with Gasteiger partial charge in [0, 0.05) is 36.1 Å². The van der Waals surface area contributed by atoms with Crippen molar-refractivity contribution in [3.63, 3.8) is 0 Å². The van der Waals surface area contributed by atoms with Crippen molar-refractivity contribution >= 4 is 33.4 Å². The largest absolute Gasteiger partial charge is 0.356 e. The van der Waals surface area contributed by atoms with E-state index >= 15 is 0 Å². The Labute approximate surface area is 121 Å². The second-order valence-electron chi connectivity index (χ2n) is 4.58. The molecule has 2 aliphatic rings. The minimum atomic E-state index is 0.204. The zero-order valence-corrected chi connectivity index (χ0v) is 12.3. The van der Waals surface area contributed by atoms with Gasteiger partial charge >= 0.3 is 0 Å². The molecule has 19 heavy (non-hydrogen) atoms. The molecular weight excluding hydrogens is 308 g/mol. The summed E-state index contributed by atoms with van der Waals surface area (Å²) in [4.78, 5) is 23.3. The van der Waals surface area contributed by atoms with Gasteiger partial charge in [0.1, 0.15) is 0 Å². The summed E-state index contributed by atoms with van der Waals surface area (Å²) >= 11 is 3.37. The number of amides is 2. The van der Waals surface area contributed by atoms with Crippen LogP contribution >= 0.6 is 15.9 Å². The third kappa shape index (κ3) is 4.06. The summed E-state index contributed by atoms with van der Waals surface area (Å²) in [7, 11) is 0. The summed E-state index contributed by atoms with van der Waals surface area (Å²) in [6.45, 7) is 1.75. The minimum Gasteiger partial charge on any atom is -0.356 e. The van der Waals surface area contributed by atoms with Crippen LogP contribution in [0.25, 0.3) is 0 Å². The van der Waals surface area contributed by atoms with Crippen LogP contribution in [0.4, 0.5) is 5.69 Å². The highest BCUT2D eigenvalue weighted by atomic mass is 79.9. The molecular formula is C14H17BrN2O2. The number of carbonyl (C=O) groups excluding carboxylic acids is 2. The molecule has 0 radical (unpaired) electrons. The molecule has 0 atom stereocenters. The normalized spacial score (nSPS) is 18.1. The van der Waals surface area contributed by atoms with Gasteiger partial charge in [0.05, 0.1) is 0 Å². The Bertz CT molecular complexity index is 451. The second-order valence-corrected chi connectivity index (χ2v) is 5.49. The van der Waals surface area contributed by atoms with Crippen molar-refractivity contribution in [2.75, 3.05) is 18.0 Å². The van der Waals surface area contributed by atoms with Gasteiger partial charge in [0.2, 0.25) is 11.8 Å². The SMILES string of the molecule is O=C1CCCN1.O=C1CCCN1c1ccc(Br)cc1. The van der Waals surface area contributed by atoms with Crippen LogP contribution in [0.1, 0.15) is 25.7 Å². The van der Waals surface area contributed by atoms with Gasteiger partial charge in [0.25, 0.3) is 0 Å². The van der Waals surface area contributed by atoms with E-state index in [1.165, 1.54) is 0 Å². The second kappa shape index (κ2) is 6.70. The van der Waals surface area contributed by atoms with Crippen LogP contribution in [0.5, 0.6) is 0 Å². The smallest absolute Gasteiger partial charge is 0.227 e. The lowest BCUT2D eigenvalue weighted by Crippen LogP contribution is -2.23. The molecule has 1 aromatic carbocycles. The zero-order chi connectivity index (χ0) is 13.7. The van der Waals surface area contributed by atoms with E-state index < -0.39 is 0 Å². The molecule has 0 aromatic heterocycles. The minimum absolute atomic E-state index is 0.204. The van der Waals surface area contributed by atoms with E-state index in [1.54, 1.807) is 0 Å². The molecule has 0 aliphatic carbocycles. The van der Waals surface area contributed by atoms with Crippen LogP contribution in [0.15, 0.2) is 28.7 Å². The Morgan fingerprint density at radius 1 is 1.05 bits per heavy atom. The molecule has 2 heterocycles. The predicted octanol–water partition coefficient (Wildman–Crippen LogP) is 2.47. The number of nitrogens with zero attached hydrogens (tertiary/aromatic N) is 1. The van der Waals surface area contributed by atoms with Crippen LogP contribution in [-0.4, -0.2) is 24.9 Å². The average molecular weight is 325 g/mol. The fraction of sp³-hybridized carbons (Fsp3) is 0.429. The van der Waals surface area contributed by atoms with Gasteiger partial charge in [-0.15, -0.1) is 0 Å². The lowest BCUT2D eigenvalue weighted by molar-refractivity contribution is -0.119. The van der Waals surface area contributed by atoms with Crippen molar-refractivity contribution in [2.45, 2.75) is 25.7 Å². The van der Waals surface area contributed by atoms with Gasteiger partial charge in [-0.05, 0) is 37.1 Å². The predicted molar refractivity (Wildman–Crippen MR) is 78.0 cm³/mol. The fourth-order valence-corrected chi connectivity index (χ4v) is 2.37. The van der Waals surface area contributed by atoms with Gasteiger partial charge in [0.15, 0.2) is 0 Å². The van der Waals surface area contributed by atoms with Crippen LogP contribution in [0, 0.1) is 0 Å². The zero-order valence-electron chi connectivity index (χ0n) is 10.7. The number of nitrogens with one attached hydrogen (secondary N) is 1. The molecule has 0 bridgehead atoms. The summed E-state index contributed by atoms with van der Waals surface area (Å²) in [5.74, 6) is 0.442. The third-order valence-electron chi connectivity index (χ3n) is 3.11. The molecule has 2 fully saturated rings. The van der Waals surface area contributed by atoms with E-state index in [0.717, 1.165) is 42.5 Å². The summed E-state index contributed by atoms with van der Waals surface area (Å²) in [5.41, 5.74) is 1.01. The summed E-state index contributed by atoms with van der Waals surface area (Å²) in [6, 6.07) is 7.85.